The van der Waals surface area contributed by atoms with E-state index in [-0.39, 0.29) is 6.04 Å². The molecular weight excluding hydrogens is 244 g/mol. The maximum atomic E-state index is 9.89. The van der Waals surface area contributed by atoms with Crippen molar-refractivity contribution in [3.8, 4) is 5.75 Å². The third kappa shape index (κ3) is 3.31. The molecule has 1 atom stereocenters. The minimum Gasteiger partial charge on any atom is -0.508 e. The van der Waals surface area contributed by atoms with Gasteiger partial charge >= 0.3 is 0 Å². The van der Waals surface area contributed by atoms with E-state index in [1.54, 1.807) is 17.4 Å². The summed E-state index contributed by atoms with van der Waals surface area (Å²) in [6, 6.07) is 5.94. The number of hydrogen-bond donors (Lipinski definition) is 2. The Morgan fingerprint density at radius 3 is 2.94 bits per heavy atom. The number of nitrogens with zero attached hydrogens (tertiary/aromatic N) is 1. The molecule has 0 aliphatic carbocycles. The fraction of sp³-hybridized carbons (Fsp3) is 0.357. The van der Waals surface area contributed by atoms with Crippen LogP contribution in [-0.4, -0.2) is 16.6 Å². The van der Waals surface area contributed by atoms with Gasteiger partial charge in [0.25, 0.3) is 0 Å². The lowest BCUT2D eigenvalue weighted by molar-refractivity contribution is 0.452. The minimum atomic E-state index is 0.144. The number of aromatic hydroxyl groups is 1. The number of benzene rings is 1. The molecule has 96 valence electrons. The van der Waals surface area contributed by atoms with E-state index < -0.39 is 0 Å². The number of phenols is 1. The van der Waals surface area contributed by atoms with Crippen molar-refractivity contribution in [2.24, 2.45) is 0 Å². The molecule has 0 aliphatic rings. The summed E-state index contributed by atoms with van der Waals surface area (Å²) in [7, 11) is 0. The number of aromatic nitrogens is 1. The molecule has 3 nitrogen and oxygen atoms in total. The Morgan fingerprint density at radius 2 is 2.28 bits per heavy atom. The van der Waals surface area contributed by atoms with Crippen LogP contribution in [-0.2, 0) is 6.42 Å². The molecule has 0 saturated heterocycles. The van der Waals surface area contributed by atoms with Crippen molar-refractivity contribution in [3.05, 3.63) is 45.9 Å². The monoisotopic (exact) mass is 262 g/mol. The summed E-state index contributed by atoms with van der Waals surface area (Å²) in [4.78, 5) is 4.24. The molecule has 0 bridgehead atoms. The first-order valence-electron chi connectivity index (χ1n) is 6.08. The van der Waals surface area contributed by atoms with Gasteiger partial charge in [-0.25, -0.2) is 4.98 Å². The third-order valence-electron chi connectivity index (χ3n) is 2.93. The molecule has 1 heterocycles. The minimum absolute atomic E-state index is 0.144. The van der Waals surface area contributed by atoms with Gasteiger partial charge in [0.1, 0.15) is 5.75 Å². The van der Waals surface area contributed by atoms with Gasteiger partial charge in [0.05, 0.1) is 5.01 Å². The number of thiazole rings is 1. The second-order valence-corrected chi connectivity index (χ2v) is 5.39. The van der Waals surface area contributed by atoms with Gasteiger partial charge in [0.15, 0.2) is 0 Å². The molecule has 2 N–H and O–H groups in total. The number of hydrogen-bond acceptors (Lipinski definition) is 4. The first-order valence-corrected chi connectivity index (χ1v) is 6.96. The Bertz CT molecular complexity index is 497. The van der Waals surface area contributed by atoms with Crippen LogP contribution in [0.5, 0.6) is 5.75 Å². The quantitative estimate of drug-likeness (QED) is 0.870. The zero-order chi connectivity index (χ0) is 13.0. The van der Waals surface area contributed by atoms with Crippen LogP contribution in [0.2, 0.25) is 0 Å². The number of nitrogens with one attached hydrogen (secondary N) is 1. The standard InChI is InChI=1S/C14H18N2OS/c1-10-3-4-12(13(17)9-10)11(2)15-6-5-14-16-7-8-18-14/h3-4,7-9,11,15,17H,5-6H2,1-2H3. The summed E-state index contributed by atoms with van der Waals surface area (Å²) in [5, 5.41) is 16.4. The smallest absolute Gasteiger partial charge is 0.120 e. The van der Waals surface area contributed by atoms with Gasteiger partial charge in [0.2, 0.25) is 0 Å². The van der Waals surface area contributed by atoms with Crippen LogP contribution in [0.25, 0.3) is 0 Å². The van der Waals surface area contributed by atoms with Crippen LogP contribution in [0, 0.1) is 6.92 Å². The summed E-state index contributed by atoms with van der Waals surface area (Å²) in [5.74, 6) is 0.365. The normalized spacial score (nSPS) is 12.6. The Kier molecular flexibility index (Phi) is 4.33. The van der Waals surface area contributed by atoms with Crippen LogP contribution in [0.3, 0.4) is 0 Å². The van der Waals surface area contributed by atoms with E-state index in [9.17, 15) is 5.11 Å². The number of phenolic OH excluding ortho intramolecular Hbond substituents is 1. The highest BCUT2D eigenvalue weighted by molar-refractivity contribution is 7.09. The van der Waals surface area contributed by atoms with E-state index in [0.717, 1.165) is 29.1 Å². The second-order valence-electron chi connectivity index (χ2n) is 4.41. The summed E-state index contributed by atoms with van der Waals surface area (Å²) in [6.07, 6.45) is 2.75. The molecule has 0 radical (unpaired) electrons. The molecule has 2 aromatic rings. The number of aryl methyl sites for hydroxylation is 1. The van der Waals surface area contributed by atoms with E-state index in [1.165, 1.54) is 0 Å². The van der Waals surface area contributed by atoms with Crippen molar-refractivity contribution in [3.63, 3.8) is 0 Å². The first kappa shape index (κ1) is 13.1. The van der Waals surface area contributed by atoms with E-state index in [0.29, 0.717) is 5.75 Å². The SMILES string of the molecule is Cc1ccc(C(C)NCCc2nccs2)c(O)c1. The summed E-state index contributed by atoms with van der Waals surface area (Å²) in [6.45, 7) is 4.90. The Morgan fingerprint density at radius 1 is 1.44 bits per heavy atom. The molecular formula is C14H18N2OS. The zero-order valence-electron chi connectivity index (χ0n) is 10.7. The predicted molar refractivity (Wildman–Crippen MR) is 75.1 cm³/mol. The fourth-order valence-corrected chi connectivity index (χ4v) is 2.52. The maximum absolute atomic E-state index is 9.89. The van der Waals surface area contributed by atoms with Gasteiger partial charge in [-0.05, 0) is 25.5 Å². The Labute approximate surface area is 112 Å². The molecule has 1 unspecified atom stereocenters. The number of rotatable bonds is 5. The van der Waals surface area contributed by atoms with Gasteiger partial charge in [-0.3, -0.25) is 0 Å². The molecule has 0 aliphatic heterocycles. The molecule has 2 rings (SSSR count). The Hall–Kier alpha value is -1.39. The molecule has 1 aromatic carbocycles. The van der Waals surface area contributed by atoms with Crippen molar-refractivity contribution in [2.45, 2.75) is 26.3 Å². The van der Waals surface area contributed by atoms with Crippen LogP contribution >= 0.6 is 11.3 Å². The van der Waals surface area contributed by atoms with E-state index in [4.69, 9.17) is 0 Å². The van der Waals surface area contributed by atoms with Gasteiger partial charge in [-0.1, -0.05) is 12.1 Å². The third-order valence-corrected chi connectivity index (χ3v) is 3.76. The average molecular weight is 262 g/mol. The first-order chi connectivity index (χ1) is 8.66. The summed E-state index contributed by atoms with van der Waals surface area (Å²) < 4.78 is 0. The second kappa shape index (κ2) is 5.98. The highest BCUT2D eigenvalue weighted by Crippen LogP contribution is 2.24. The molecule has 0 fully saturated rings. The molecule has 0 spiro atoms. The lowest BCUT2D eigenvalue weighted by Crippen LogP contribution is -2.21. The lowest BCUT2D eigenvalue weighted by Gasteiger charge is -2.15. The summed E-state index contributed by atoms with van der Waals surface area (Å²) >= 11 is 1.68. The van der Waals surface area contributed by atoms with Gasteiger partial charge in [0, 0.05) is 36.1 Å². The fourth-order valence-electron chi connectivity index (χ4n) is 1.90. The van der Waals surface area contributed by atoms with Gasteiger partial charge in [-0.2, -0.15) is 0 Å². The highest BCUT2D eigenvalue weighted by Gasteiger charge is 2.09. The van der Waals surface area contributed by atoms with Crippen molar-refractivity contribution in [1.29, 1.82) is 0 Å². The lowest BCUT2D eigenvalue weighted by atomic mass is 10.1. The van der Waals surface area contributed by atoms with E-state index >= 15 is 0 Å². The van der Waals surface area contributed by atoms with Crippen LogP contribution in [0.1, 0.15) is 29.1 Å². The van der Waals surface area contributed by atoms with Crippen molar-refractivity contribution < 1.29 is 5.11 Å². The van der Waals surface area contributed by atoms with Crippen LogP contribution in [0.4, 0.5) is 0 Å². The largest absolute Gasteiger partial charge is 0.508 e. The Balaban J connectivity index is 1.89. The van der Waals surface area contributed by atoms with Gasteiger partial charge in [-0.15, -0.1) is 11.3 Å². The maximum Gasteiger partial charge on any atom is 0.120 e. The zero-order valence-corrected chi connectivity index (χ0v) is 11.5. The predicted octanol–water partition coefficient (Wildman–Crippen LogP) is 3.05. The van der Waals surface area contributed by atoms with Crippen molar-refractivity contribution >= 4 is 11.3 Å². The van der Waals surface area contributed by atoms with Crippen molar-refractivity contribution in [1.82, 2.24) is 10.3 Å². The van der Waals surface area contributed by atoms with Crippen LogP contribution in [0.15, 0.2) is 29.8 Å². The molecule has 1 aromatic heterocycles. The van der Waals surface area contributed by atoms with Gasteiger partial charge < -0.3 is 10.4 Å². The average Bonchev–Trinajstić information content (AvgIpc) is 2.81. The molecule has 18 heavy (non-hydrogen) atoms. The topological polar surface area (TPSA) is 45.2 Å². The van der Waals surface area contributed by atoms with Crippen molar-refractivity contribution in [2.75, 3.05) is 6.54 Å². The molecule has 0 saturated carbocycles. The highest BCUT2D eigenvalue weighted by atomic mass is 32.1. The molecule has 4 heteroatoms. The van der Waals surface area contributed by atoms with Crippen LogP contribution < -0.4 is 5.32 Å². The van der Waals surface area contributed by atoms with E-state index in [1.807, 2.05) is 30.6 Å². The molecule has 0 amide bonds. The van der Waals surface area contributed by atoms with E-state index in [2.05, 4.69) is 17.2 Å². The summed E-state index contributed by atoms with van der Waals surface area (Å²) in [5.41, 5.74) is 2.02.